The molecule has 0 aromatic carbocycles. The van der Waals surface area contributed by atoms with Crippen LogP contribution in [0.2, 0.25) is 10.2 Å². The van der Waals surface area contributed by atoms with Gasteiger partial charge >= 0.3 is 0 Å². The predicted octanol–water partition coefficient (Wildman–Crippen LogP) is 4.10. The van der Waals surface area contributed by atoms with E-state index in [-0.39, 0.29) is 0 Å². The molecule has 1 saturated carbocycles. The molecule has 0 amide bonds. The molecule has 1 aliphatic rings. The van der Waals surface area contributed by atoms with E-state index >= 15 is 0 Å². The van der Waals surface area contributed by atoms with Crippen molar-refractivity contribution in [2.24, 2.45) is 5.92 Å². The molecule has 0 N–H and O–H groups in total. The molecular formula is C12H15Cl2NO. The normalized spacial score (nSPS) is 16.9. The Labute approximate surface area is 106 Å². The highest BCUT2D eigenvalue weighted by Gasteiger charge is 2.15. The molecule has 1 heterocycles. The Morgan fingerprint density at radius 2 is 2.00 bits per heavy atom. The molecule has 1 fully saturated rings. The van der Waals surface area contributed by atoms with E-state index in [9.17, 15) is 0 Å². The quantitative estimate of drug-likeness (QED) is 0.760. The second-order valence-electron chi connectivity index (χ2n) is 4.23. The smallest absolute Gasteiger partial charge is 0.129 e. The van der Waals surface area contributed by atoms with Gasteiger partial charge in [0.25, 0.3) is 0 Å². The van der Waals surface area contributed by atoms with E-state index in [1.54, 1.807) is 12.1 Å². The molecule has 0 saturated heterocycles. The number of ether oxygens (including phenoxy) is 1. The van der Waals surface area contributed by atoms with Gasteiger partial charge in [0, 0.05) is 6.61 Å². The number of rotatable bonds is 4. The molecule has 0 spiro atoms. The molecule has 1 aromatic rings. The van der Waals surface area contributed by atoms with E-state index in [2.05, 4.69) is 4.98 Å². The van der Waals surface area contributed by atoms with E-state index in [0.717, 1.165) is 18.2 Å². The summed E-state index contributed by atoms with van der Waals surface area (Å²) in [6.07, 6.45) is 5.25. The number of hydrogen-bond acceptors (Lipinski definition) is 2. The Hall–Kier alpha value is -0.310. The lowest BCUT2D eigenvalue weighted by molar-refractivity contribution is 0.0868. The van der Waals surface area contributed by atoms with Crippen molar-refractivity contribution in [3.63, 3.8) is 0 Å². The fourth-order valence-corrected chi connectivity index (χ4v) is 2.38. The second kappa shape index (κ2) is 5.85. The van der Waals surface area contributed by atoms with Crippen molar-refractivity contribution in [2.45, 2.75) is 32.3 Å². The lowest BCUT2D eigenvalue weighted by Gasteiger charge is -2.10. The highest BCUT2D eigenvalue weighted by molar-refractivity contribution is 6.32. The van der Waals surface area contributed by atoms with Gasteiger partial charge in [-0.1, -0.05) is 36.0 Å². The summed E-state index contributed by atoms with van der Waals surface area (Å²) in [5, 5.41) is 1.08. The minimum Gasteiger partial charge on any atom is -0.375 e. The van der Waals surface area contributed by atoms with Crippen molar-refractivity contribution in [3.05, 3.63) is 28.0 Å². The molecule has 4 heteroatoms. The average molecular weight is 260 g/mol. The van der Waals surface area contributed by atoms with Crippen molar-refractivity contribution in [1.82, 2.24) is 4.98 Å². The Morgan fingerprint density at radius 1 is 1.25 bits per heavy atom. The summed E-state index contributed by atoms with van der Waals surface area (Å²) in [4.78, 5) is 4.15. The van der Waals surface area contributed by atoms with Crippen LogP contribution in [0.3, 0.4) is 0 Å². The number of hydrogen-bond donors (Lipinski definition) is 0. The molecule has 2 rings (SSSR count). The topological polar surface area (TPSA) is 22.1 Å². The van der Waals surface area contributed by atoms with Gasteiger partial charge in [-0.25, -0.2) is 4.98 Å². The summed E-state index contributed by atoms with van der Waals surface area (Å²) >= 11 is 11.8. The van der Waals surface area contributed by atoms with Crippen LogP contribution in [0, 0.1) is 5.92 Å². The minimum absolute atomic E-state index is 0.454. The van der Waals surface area contributed by atoms with Crippen molar-refractivity contribution in [3.8, 4) is 0 Å². The van der Waals surface area contributed by atoms with Crippen molar-refractivity contribution in [1.29, 1.82) is 0 Å². The zero-order valence-electron chi connectivity index (χ0n) is 9.09. The fourth-order valence-electron chi connectivity index (χ4n) is 2.06. The van der Waals surface area contributed by atoms with E-state index < -0.39 is 0 Å². The van der Waals surface area contributed by atoms with Crippen molar-refractivity contribution >= 4 is 23.2 Å². The highest BCUT2D eigenvalue weighted by atomic mass is 35.5. The summed E-state index contributed by atoms with van der Waals surface area (Å²) in [6.45, 7) is 1.26. The third kappa shape index (κ3) is 3.34. The van der Waals surface area contributed by atoms with Crippen LogP contribution in [-0.4, -0.2) is 11.6 Å². The van der Waals surface area contributed by atoms with Gasteiger partial charge in [0.05, 0.1) is 17.3 Å². The van der Waals surface area contributed by atoms with E-state index in [0.29, 0.717) is 16.8 Å². The second-order valence-corrected chi connectivity index (χ2v) is 5.02. The van der Waals surface area contributed by atoms with E-state index in [4.69, 9.17) is 27.9 Å². The van der Waals surface area contributed by atoms with Crippen LogP contribution < -0.4 is 0 Å². The largest absolute Gasteiger partial charge is 0.375 e. The molecule has 0 atom stereocenters. The Bertz CT molecular complexity index is 351. The van der Waals surface area contributed by atoms with Crippen molar-refractivity contribution < 1.29 is 4.74 Å². The fraction of sp³-hybridized carbons (Fsp3) is 0.583. The van der Waals surface area contributed by atoms with Crippen LogP contribution in [0.5, 0.6) is 0 Å². The molecule has 0 unspecified atom stereocenters. The summed E-state index contributed by atoms with van der Waals surface area (Å²) < 4.78 is 5.63. The lowest BCUT2D eigenvalue weighted by atomic mass is 10.1. The summed E-state index contributed by atoms with van der Waals surface area (Å²) in [6, 6.07) is 3.44. The summed E-state index contributed by atoms with van der Waals surface area (Å²) in [5.41, 5.74) is 0.729. The van der Waals surface area contributed by atoms with Gasteiger partial charge in [0.1, 0.15) is 5.15 Å². The van der Waals surface area contributed by atoms with Crippen LogP contribution in [-0.2, 0) is 11.3 Å². The maximum atomic E-state index is 5.99. The Kier molecular flexibility index (Phi) is 4.45. The Balaban J connectivity index is 1.82. The minimum atomic E-state index is 0.454. The third-order valence-corrected chi connectivity index (χ3v) is 3.51. The van der Waals surface area contributed by atoms with Crippen LogP contribution >= 0.6 is 23.2 Å². The van der Waals surface area contributed by atoms with Crippen LogP contribution in [0.1, 0.15) is 31.4 Å². The zero-order chi connectivity index (χ0) is 11.4. The Morgan fingerprint density at radius 3 is 2.75 bits per heavy atom. The van der Waals surface area contributed by atoms with Gasteiger partial charge in [-0.2, -0.15) is 0 Å². The van der Waals surface area contributed by atoms with Gasteiger partial charge in [-0.15, -0.1) is 0 Å². The maximum Gasteiger partial charge on any atom is 0.129 e. The third-order valence-electron chi connectivity index (χ3n) is 2.95. The van der Waals surface area contributed by atoms with Crippen molar-refractivity contribution in [2.75, 3.05) is 6.61 Å². The summed E-state index contributed by atoms with van der Waals surface area (Å²) in [7, 11) is 0. The molecular weight excluding hydrogens is 245 g/mol. The van der Waals surface area contributed by atoms with Gasteiger partial charge in [-0.05, 0) is 30.9 Å². The molecule has 1 aromatic heterocycles. The van der Waals surface area contributed by atoms with Crippen LogP contribution in [0.15, 0.2) is 12.1 Å². The number of nitrogens with zero attached hydrogens (tertiary/aromatic N) is 1. The van der Waals surface area contributed by atoms with Gasteiger partial charge in [0.15, 0.2) is 0 Å². The molecule has 1 aliphatic carbocycles. The van der Waals surface area contributed by atoms with Gasteiger partial charge in [0.2, 0.25) is 0 Å². The average Bonchev–Trinajstić information content (AvgIpc) is 2.76. The first-order valence-electron chi connectivity index (χ1n) is 5.64. The van der Waals surface area contributed by atoms with Crippen LogP contribution in [0.25, 0.3) is 0 Å². The van der Waals surface area contributed by atoms with Gasteiger partial charge < -0.3 is 4.74 Å². The number of aromatic nitrogens is 1. The van der Waals surface area contributed by atoms with E-state index in [1.807, 2.05) is 0 Å². The first-order chi connectivity index (χ1) is 7.75. The highest BCUT2D eigenvalue weighted by Crippen LogP contribution is 2.25. The first-order valence-corrected chi connectivity index (χ1v) is 6.40. The molecule has 88 valence electrons. The van der Waals surface area contributed by atoms with Gasteiger partial charge in [-0.3, -0.25) is 0 Å². The SMILES string of the molecule is Clc1ccc(Cl)c(COCC2CCCC2)n1. The monoisotopic (exact) mass is 259 g/mol. The standard InChI is InChI=1S/C12H15Cl2NO/c13-10-5-6-12(14)15-11(10)8-16-7-9-3-1-2-4-9/h5-6,9H,1-4,7-8H2. The zero-order valence-corrected chi connectivity index (χ0v) is 10.6. The molecule has 2 nitrogen and oxygen atoms in total. The molecule has 0 aliphatic heterocycles. The molecule has 0 radical (unpaired) electrons. The first kappa shape index (κ1) is 12.2. The maximum absolute atomic E-state index is 5.99. The van der Waals surface area contributed by atoms with Crippen LogP contribution in [0.4, 0.5) is 0 Å². The number of pyridine rings is 1. The molecule has 0 bridgehead atoms. The molecule has 16 heavy (non-hydrogen) atoms. The lowest BCUT2D eigenvalue weighted by Crippen LogP contribution is -2.06. The van der Waals surface area contributed by atoms with E-state index in [1.165, 1.54) is 25.7 Å². The number of halogens is 2. The summed E-state index contributed by atoms with van der Waals surface area (Å²) in [5.74, 6) is 0.720. The predicted molar refractivity (Wildman–Crippen MR) is 65.9 cm³/mol.